The summed E-state index contributed by atoms with van der Waals surface area (Å²) in [5, 5.41) is 0. The molecule has 0 N–H and O–H groups in total. The third-order valence-electron chi connectivity index (χ3n) is 4.21. The number of rotatable bonds is 5. The van der Waals surface area contributed by atoms with E-state index < -0.39 is 0 Å². The van der Waals surface area contributed by atoms with Gasteiger partial charge in [0.15, 0.2) is 0 Å². The van der Waals surface area contributed by atoms with Gasteiger partial charge >= 0.3 is 0 Å². The minimum Gasteiger partial charge on any atom is -0.497 e. The largest absolute Gasteiger partial charge is 0.497 e. The fourth-order valence-corrected chi connectivity index (χ4v) is 3.00. The molecule has 2 nitrogen and oxygen atoms in total. The molecule has 0 atom stereocenters. The Balaban J connectivity index is 2.03. The average molecular weight is 282 g/mol. The molecular weight excluding hydrogens is 260 g/mol. The molecule has 0 radical (unpaired) electrons. The van der Waals surface area contributed by atoms with Gasteiger partial charge in [-0.25, -0.2) is 0 Å². The van der Waals surface area contributed by atoms with E-state index in [-0.39, 0.29) is 0 Å². The number of hydrogen-bond donors (Lipinski definition) is 0. The van der Waals surface area contributed by atoms with Crippen molar-refractivity contribution in [2.24, 2.45) is 0 Å². The third-order valence-corrected chi connectivity index (χ3v) is 4.21. The first-order valence-corrected chi connectivity index (χ1v) is 7.69. The summed E-state index contributed by atoms with van der Waals surface area (Å²) in [6, 6.07) is 12.8. The Bertz CT molecular complexity index is 614. The fraction of sp³-hybridized carbons (Fsp3) is 0.368. The lowest BCUT2D eigenvalue weighted by Gasteiger charge is -2.14. The number of methoxy groups -OCH3 is 1. The van der Waals surface area contributed by atoms with Crippen LogP contribution in [0.15, 0.2) is 36.4 Å². The zero-order chi connectivity index (χ0) is 14.7. The van der Waals surface area contributed by atoms with Crippen molar-refractivity contribution in [1.29, 1.82) is 0 Å². The molecule has 0 saturated heterocycles. The Hall–Kier alpha value is -1.80. The zero-order valence-corrected chi connectivity index (χ0v) is 12.8. The highest BCUT2D eigenvalue weighted by Crippen LogP contribution is 2.34. The number of fused-ring (bicyclic) bond motifs is 1. The maximum atomic E-state index is 5.64. The highest BCUT2D eigenvalue weighted by molar-refractivity contribution is 5.70. The Labute approximate surface area is 126 Å². The van der Waals surface area contributed by atoms with Crippen molar-refractivity contribution in [2.45, 2.75) is 39.4 Å². The first kappa shape index (κ1) is 14.2. The lowest BCUT2D eigenvalue weighted by atomic mass is 9.90. The van der Waals surface area contributed by atoms with Crippen LogP contribution in [-0.2, 0) is 24.4 Å². The molecule has 2 aromatic carbocycles. The van der Waals surface area contributed by atoms with Crippen LogP contribution in [0.2, 0.25) is 0 Å². The van der Waals surface area contributed by atoms with Crippen LogP contribution >= 0.6 is 0 Å². The fourth-order valence-electron chi connectivity index (χ4n) is 3.00. The van der Waals surface area contributed by atoms with Gasteiger partial charge in [0, 0.05) is 0 Å². The van der Waals surface area contributed by atoms with Crippen molar-refractivity contribution in [1.82, 2.24) is 0 Å². The minimum absolute atomic E-state index is 0.761. The van der Waals surface area contributed by atoms with E-state index in [1.165, 1.54) is 40.7 Å². The summed E-state index contributed by atoms with van der Waals surface area (Å²) in [5.41, 5.74) is 6.85. The van der Waals surface area contributed by atoms with Crippen LogP contribution in [0.5, 0.6) is 5.75 Å². The first-order chi connectivity index (χ1) is 10.3. The van der Waals surface area contributed by atoms with Crippen molar-refractivity contribution in [3.8, 4) is 16.9 Å². The van der Waals surface area contributed by atoms with E-state index >= 15 is 0 Å². The molecule has 0 aliphatic carbocycles. The average Bonchev–Trinajstić information content (AvgIpc) is 3.01. The molecule has 0 saturated carbocycles. The van der Waals surface area contributed by atoms with Crippen LogP contribution in [0, 0.1) is 0 Å². The van der Waals surface area contributed by atoms with E-state index in [1.54, 1.807) is 7.11 Å². The summed E-state index contributed by atoms with van der Waals surface area (Å²) in [4.78, 5) is 0. The van der Waals surface area contributed by atoms with Crippen molar-refractivity contribution < 1.29 is 9.47 Å². The third kappa shape index (κ3) is 2.81. The molecule has 2 heteroatoms. The standard InChI is InChI=1S/C19H22O2/c1-3-4-5-18-17(11-8-15-12-21-13-19(15)18)14-6-9-16(20-2)10-7-14/h6-11H,3-5,12-13H2,1-2H3. The number of benzene rings is 2. The lowest BCUT2D eigenvalue weighted by Crippen LogP contribution is -1.98. The highest BCUT2D eigenvalue weighted by Gasteiger charge is 2.18. The summed E-state index contributed by atoms with van der Waals surface area (Å²) in [7, 11) is 1.70. The molecule has 0 unspecified atom stereocenters. The van der Waals surface area contributed by atoms with E-state index in [1.807, 2.05) is 12.1 Å². The SMILES string of the molecule is CCCCc1c(-c2ccc(OC)cc2)ccc2c1COC2. The van der Waals surface area contributed by atoms with Gasteiger partial charge in [-0.05, 0) is 52.8 Å². The summed E-state index contributed by atoms with van der Waals surface area (Å²) >= 11 is 0. The predicted octanol–water partition coefficient (Wildman–Crippen LogP) is 4.74. The van der Waals surface area contributed by atoms with Crippen molar-refractivity contribution in [3.63, 3.8) is 0 Å². The summed E-state index contributed by atoms with van der Waals surface area (Å²) in [5.74, 6) is 0.901. The monoisotopic (exact) mass is 282 g/mol. The second kappa shape index (κ2) is 6.31. The Kier molecular flexibility index (Phi) is 4.26. The summed E-state index contributed by atoms with van der Waals surface area (Å²) < 4.78 is 10.9. The number of unbranched alkanes of at least 4 members (excludes halogenated alkanes) is 1. The highest BCUT2D eigenvalue weighted by atomic mass is 16.5. The van der Waals surface area contributed by atoms with Crippen LogP contribution in [0.4, 0.5) is 0 Å². The van der Waals surface area contributed by atoms with E-state index in [4.69, 9.17) is 9.47 Å². The molecule has 2 aromatic rings. The molecule has 0 bridgehead atoms. The zero-order valence-electron chi connectivity index (χ0n) is 12.8. The van der Waals surface area contributed by atoms with Crippen molar-refractivity contribution in [3.05, 3.63) is 53.1 Å². The van der Waals surface area contributed by atoms with E-state index in [9.17, 15) is 0 Å². The molecule has 0 aromatic heterocycles. The Morgan fingerprint density at radius 2 is 1.86 bits per heavy atom. The molecule has 21 heavy (non-hydrogen) atoms. The topological polar surface area (TPSA) is 18.5 Å². The molecule has 0 amide bonds. The summed E-state index contributed by atoms with van der Waals surface area (Å²) in [6.45, 7) is 3.77. The van der Waals surface area contributed by atoms with Gasteiger partial charge < -0.3 is 9.47 Å². The van der Waals surface area contributed by atoms with Gasteiger partial charge in [-0.3, -0.25) is 0 Å². The van der Waals surface area contributed by atoms with Crippen LogP contribution in [0.25, 0.3) is 11.1 Å². The molecule has 0 spiro atoms. The quantitative estimate of drug-likeness (QED) is 0.789. The van der Waals surface area contributed by atoms with Gasteiger partial charge in [0.05, 0.1) is 20.3 Å². The summed E-state index contributed by atoms with van der Waals surface area (Å²) in [6.07, 6.45) is 3.57. The van der Waals surface area contributed by atoms with Gasteiger partial charge in [-0.2, -0.15) is 0 Å². The molecule has 110 valence electrons. The van der Waals surface area contributed by atoms with E-state index in [0.29, 0.717) is 0 Å². The first-order valence-electron chi connectivity index (χ1n) is 7.69. The minimum atomic E-state index is 0.761. The van der Waals surface area contributed by atoms with Crippen molar-refractivity contribution in [2.75, 3.05) is 7.11 Å². The smallest absolute Gasteiger partial charge is 0.118 e. The van der Waals surface area contributed by atoms with Gasteiger partial charge in [-0.1, -0.05) is 37.6 Å². The van der Waals surface area contributed by atoms with Crippen LogP contribution in [0.1, 0.15) is 36.5 Å². The Morgan fingerprint density at radius 1 is 1.05 bits per heavy atom. The normalized spacial score (nSPS) is 13.2. The van der Waals surface area contributed by atoms with Crippen LogP contribution in [0.3, 0.4) is 0 Å². The maximum absolute atomic E-state index is 5.64. The maximum Gasteiger partial charge on any atom is 0.118 e. The molecule has 1 aliphatic rings. The predicted molar refractivity (Wildman–Crippen MR) is 85.5 cm³/mol. The number of hydrogen-bond acceptors (Lipinski definition) is 2. The molecule has 3 rings (SSSR count). The van der Waals surface area contributed by atoms with Gasteiger partial charge in [0.1, 0.15) is 5.75 Å². The second-order valence-electron chi connectivity index (χ2n) is 5.55. The van der Waals surface area contributed by atoms with Crippen LogP contribution in [-0.4, -0.2) is 7.11 Å². The second-order valence-corrected chi connectivity index (χ2v) is 5.55. The van der Waals surface area contributed by atoms with Gasteiger partial charge in [0.25, 0.3) is 0 Å². The molecule has 1 heterocycles. The van der Waals surface area contributed by atoms with E-state index in [0.717, 1.165) is 25.4 Å². The van der Waals surface area contributed by atoms with Crippen molar-refractivity contribution >= 4 is 0 Å². The number of ether oxygens (including phenoxy) is 2. The molecule has 0 fully saturated rings. The molecular formula is C19H22O2. The lowest BCUT2D eigenvalue weighted by molar-refractivity contribution is 0.134. The van der Waals surface area contributed by atoms with Gasteiger partial charge in [-0.15, -0.1) is 0 Å². The van der Waals surface area contributed by atoms with Crippen LogP contribution < -0.4 is 4.74 Å². The molecule has 1 aliphatic heterocycles. The van der Waals surface area contributed by atoms with E-state index in [2.05, 4.69) is 31.2 Å². The van der Waals surface area contributed by atoms with Gasteiger partial charge in [0.2, 0.25) is 0 Å². The Morgan fingerprint density at radius 3 is 2.57 bits per heavy atom.